The molecule has 0 saturated heterocycles. The molecule has 0 heterocycles. The highest BCUT2D eigenvalue weighted by Gasteiger charge is 2.68. The fourth-order valence-electron chi connectivity index (χ4n) is 9.21. The Morgan fingerprint density at radius 3 is 2.47 bits per heavy atom. The van der Waals surface area contributed by atoms with Crippen LogP contribution >= 0.6 is 0 Å². The fourth-order valence-corrected chi connectivity index (χ4v) is 9.21. The number of ether oxygens (including phenoxy) is 1. The molecule has 4 aliphatic rings. The van der Waals surface area contributed by atoms with Gasteiger partial charge in [0, 0.05) is 18.3 Å². The van der Waals surface area contributed by atoms with Crippen molar-refractivity contribution >= 4 is 11.8 Å². The van der Waals surface area contributed by atoms with Gasteiger partial charge in [-0.25, -0.2) is 0 Å². The second-order valence-electron chi connectivity index (χ2n) is 12.0. The fraction of sp³-hybridized carbons (Fsp3) is 0.923. The average Bonchev–Trinajstić information content (AvgIpc) is 3.06. The van der Waals surface area contributed by atoms with Gasteiger partial charge in [0.15, 0.2) is 0 Å². The topological polar surface area (TPSA) is 63.6 Å². The van der Waals surface area contributed by atoms with Crippen LogP contribution in [-0.2, 0) is 14.3 Å². The number of carbonyl (C=O) groups is 2. The number of fused-ring (bicyclic) bond motifs is 5. The largest absolute Gasteiger partial charge is 0.469 e. The van der Waals surface area contributed by atoms with E-state index < -0.39 is 0 Å². The van der Waals surface area contributed by atoms with Gasteiger partial charge in [-0.15, -0.1) is 0 Å². The predicted octanol–water partition coefficient (Wildman–Crippen LogP) is 5.16. The van der Waals surface area contributed by atoms with Crippen LogP contribution in [0.15, 0.2) is 0 Å². The van der Waals surface area contributed by atoms with Crippen LogP contribution < -0.4 is 0 Å². The van der Waals surface area contributed by atoms with Crippen molar-refractivity contribution in [2.75, 3.05) is 7.11 Å². The lowest BCUT2D eigenvalue weighted by Gasteiger charge is -2.65. The summed E-state index contributed by atoms with van der Waals surface area (Å²) in [5.41, 5.74) is 0.156. The molecule has 0 amide bonds. The SMILES string of the molecule is COC(=O)CC[C@@H](C)[C@H]1CC[C@@H]2[C@]1(C)CC[C@@H]1[C@@]3(C)CC[C@@H](O)C[C@H]3CC(=O)[C@@]12C. The Morgan fingerprint density at radius 2 is 1.77 bits per heavy atom. The molecule has 30 heavy (non-hydrogen) atoms. The molecule has 0 aliphatic heterocycles. The number of rotatable bonds is 4. The molecule has 4 nitrogen and oxygen atoms in total. The first-order valence-electron chi connectivity index (χ1n) is 12.4. The molecular formula is C26H42O4. The number of hydrogen-bond acceptors (Lipinski definition) is 4. The standard InChI is InChI=1S/C26H42O4/c1-16(6-9-23(29)30-5)19-7-8-20-25(19,3)13-11-21-24(2)12-10-18(27)14-17(24)15-22(28)26(20,21)4/h16-21,27H,6-15H2,1-5H3/t16-,17+,18-,19-,20-,21-,24+,25-,26-/m1/s1. The van der Waals surface area contributed by atoms with E-state index in [4.69, 9.17) is 4.74 Å². The third-order valence-electron chi connectivity index (χ3n) is 10.9. The molecule has 0 aromatic carbocycles. The predicted molar refractivity (Wildman–Crippen MR) is 117 cm³/mol. The highest BCUT2D eigenvalue weighted by molar-refractivity contribution is 5.87. The minimum absolute atomic E-state index is 0.113. The van der Waals surface area contributed by atoms with Gasteiger partial charge in [0.05, 0.1) is 13.2 Å². The van der Waals surface area contributed by atoms with E-state index in [9.17, 15) is 14.7 Å². The molecule has 0 aromatic rings. The molecule has 0 aromatic heterocycles. The Kier molecular flexibility index (Phi) is 5.65. The summed E-state index contributed by atoms with van der Waals surface area (Å²) in [5.74, 6) is 2.67. The number of carbonyl (C=O) groups excluding carboxylic acids is 2. The molecular weight excluding hydrogens is 376 g/mol. The smallest absolute Gasteiger partial charge is 0.305 e. The van der Waals surface area contributed by atoms with Crippen molar-refractivity contribution in [1.82, 2.24) is 0 Å². The van der Waals surface area contributed by atoms with E-state index in [0.29, 0.717) is 48.2 Å². The zero-order valence-electron chi connectivity index (χ0n) is 19.7. The Labute approximate surface area is 182 Å². The summed E-state index contributed by atoms with van der Waals surface area (Å²) in [6.07, 6.45) is 9.24. The number of hydrogen-bond donors (Lipinski definition) is 1. The lowest BCUT2D eigenvalue weighted by atomic mass is 9.39. The van der Waals surface area contributed by atoms with Crippen LogP contribution in [0.1, 0.15) is 91.9 Å². The number of aliphatic hydroxyl groups excluding tert-OH is 1. The second-order valence-corrected chi connectivity index (χ2v) is 12.0. The lowest BCUT2D eigenvalue weighted by Crippen LogP contribution is -2.62. The molecule has 9 atom stereocenters. The minimum Gasteiger partial charge on any atom is -0.469 e. The molecule has 0 radical (unpaired) electrons. The molecule has 4 heteroatoms. The van der Waals surface area contributed by atoms with Gasteiger partial charge in [0.1, 0.15) is 5.78 Å². The normalized spacial score (nSPS) is 49.0. The molecule has 4 saturated carbocycles. The summed E-state index contributed by atoms with van der Waals surface area (Å²) in [5, 5.41) is 10.3. The Hall–Kier alpha value is -0.900. The third-order valence-corrected chi connectivity index (χ3v) is 10.9. The van der Waals surface area contributed by atoms with Crippen molar-refractivity contribution in [1.29, 1.82) is 0 Å². The average molecular weight is 419 g/mol. The summed E-state index contributed by atoms with van der Waals surface area (Å²) in [4.78, 5) is 25.4. The van der Waals surface area contributed by atoms with Gasteiger partial charge < -0.3 is 9.84 Å². The van der Waals surface area contributed by atoms with Gasteiger partial charge in [-0.2, -0.15) is 0 Å². The number of methoxy groups -OCH3 is 1. The third kappa shape index (κ3) is 3.11. The molecule has 1 N–H and O–H groups in total. The summed E-state index contributed by atoms with van der Waals surface area (Å²) in [6, 6.07) is 0. The molecule has 170 valence electrons. The first-order valence-corrected chi connectivity index (χ1v) is 12.4. The van der Waals surface area contributed by atoms with Crippen LogP contribution in [0.4, 0.5) is 0 Å². The van der Waals surface area contributed by atoms with E-state index in [1.165, 1.54) is 20.0 Å². The van der Waals surface area contributed by atoms with Crippen LogP contribution in [0.5, 0.6) is 0 Å². The molecule has 0 unspecified atom stereocenters. The number of ketones is 1. The van der Waals surface area contributed by atoms with E-state index in [2.05, 4.69) is 27.7 Å². The van der Waals surface area contributed by atoms with Gasteiger partial charge in [0.2, 0.25) is 0 Å². The van der Waals surface area contributed by atoms with Crippen molar-refractivity contribution in [2.45, 2.75) is 98.0 Å². The summed E-state index contributed by atoms with van der Waals surface area (Å²) >= 11 is 0. The highest BCUT2D eigenvalue weighted by atomic mass is 16.5. The monoisotopic (exact) mass is 418 g/mol. The van der Waals surface area contributed by atoms with Crippen LogP contribution in [-0.4, -0.2) is 30.1 Å². The Bertz CT molecular complexity index is 703. The van der Waals surface area contributed by atoms with Crippen LogP contribution in [0.25, 0.3) is 0 Å². The van der Waals surface area contributed by atoms with E-state index in [1.54, 1.807) is 0 Å². The molecule has 4 aliphatic carbocycles. The van der Waals surface area contributed by atoms with Crippen molar-refractivity contribution in [3.05, 3.63) is 0 Å². The van der Waals surface area contributed by atoms with E-state index in [0.717, 1.165) is 38.5 Å². The zero-order chi connectivity index (χ0) is 21.9. The first-order chi connectivity index (χ1) is 14.1. The van der Waals surface area contributed by atoms with Gasteiger partial charge in [0.25, 0.3) is 0 Å². The minimum atomic E-state index is -0.225. The summed E-state index contributed by atoms with van der Waals surface area (Å²) < 4.78 is 4.86. The summed E-state index contributed by atoms with van der Waals surface area (Å²) in [7, 11) is 1.47. The van der Waals surface area contributed by atoms with E-state index in [-0.39, 0.29) is 28.3 Å². The molecule has 0 bridgehead atoms. The van der Waals surface area contributed by atoms with E-state index in [1.807, 2.05) is 0 Å². The maximum atomic E-state index is 13.7. The van der Waals surface area contributed by atoms with Gasteiger partial charge in [-0.3, -0.25) is 9.59 Å². The zero-order valence-corrected chi connectivity index (χ0v) is 19.7. The highest BCUT2D eigenvalue weighted by Crippen LogP contribution is 2.72. The van der Waals surface area contributed by atoms with Gasteiger partial charge in [-0.1, -0.05) is 27.7 Å². The summed E-state index contributed by atoms with van der Waals surface area (Å²) in [6.45, 7) is 9.51. The van der Waals surface area contributed by atoms with Crippen LogP contribution in [0, 0.1) is 45.8 Å². The maximum Gasteiger partial charge on any atom is 0.305 e. The second kappa shape index (κ2) is 7.60. The molecule has 4 rings (SSSR count). The number of aliphatic hydroxyl groups is 1. The van der Waals surface area contributed by atoms with Gasteiger partial charge in [-0.05, 0) is 91.8 Å². The molecule has 4 fully saturated rings. The quantitative estimate of drug-likeness (QED) is 0.640. The Morgan fingerprint density at radius 1 is 1.10 bits per heavy atom. The lowest BCUT2D eigenvalue weighted by molar-refractivity contribution is -0.185. The number of esters is 1. The van der Waals surface area contributed by atoms with Crippen molar-refractivity contribution in [3.63, 3.8) is 0 Å². The van der Waals surface area contributed by atoms with Crippen LogP contribution in [0.3, 0.4) is 0 Å². The van der Waals surface area contributed by atoms with Crippen molar-refractivity contribution in [2.24, 2.45) is 45.8 Å². The first kappa shape index (κ1) is 22.3. The van der Waals surface area contributed by atoms with Crippen LogP contribution in [0.2, 0.25) is 0 Å². The van der Waals surface area contributed by atoms with Crippen molar-refractivity contribution in [3.8, 4) is 0 Å². The van der Waals surface area contributed by atoms with Crippen molar-refractivity contribution < 1.29 is 19.4 Å². The van der Waals surface area contributed by atoms with Gasteiger partial charge >= 0.3 is 5.97 Å². The molecule has 0 spiro atoms. The maximum absolute atomic E-state index is 13.7. The number of Topliss-reactive ketones (excluding diaryl/α,β-unsaturated/α-hetero) is 1. The van der Waals surface area contributed by atoms with E-state index >= 15 is 0 Å². The Balaban J connectivity index is 1.59.